The van der Waals surface area contributed by atoms with Crippen molar-refractivity contribution < 1.29 is 4.79 Å². The number of carbonyl (C=O) groups excluding carboxylic acids is 1. The molecule has 0 spiro atoms. The molecular formula is C12H15BrN2OS. The van der Waals surface area contributed by atoms with Crippen molar-refractivity contribution in [3.05, 3.63) is 28.5 Å². The Morgan fingerprint density at radius 3 is 3.00 bits per heavy atom. The van der Waals surface area contributed by atoms with Crippen molar-refractivity contribution in [2.75, 3.05) is 18.8 Å². The van der Waals surface area contributed by atoms with Gasteiger partial charge in [-0.2, -0.15) is 11.8 Å². The van der Waals surface area contributed by atoms with Gasteiger partial charge in [-0.25, -0.2) is 4.98 Å². The number of hydrogen-bond donors (Lipinski definition) is 0. The molecule has 0 bridgehead atoms. The van der Waals surface area contributed by atoms with Crippen LogP contribution in [0.5, 0.6) is 0 Å². The molecule has 1 aromatic rings. The fourth-order valence-corrected chi connectivity index (χ4v) is 3.42. The summed E-state index contributed by atoms with van der Waals surface area (Å²) in [6.45, 7) is 5.92. The first-order valence-corrected chi connectivity index (χ1v) is 7.31. The number of nitrogens with zero attached hydrogens (tertiary/aromatic N) is 2. The standard InChI is InChI=1S/C12H15BrN2OS/c1-12(2)8-15(6-7-17-12)11(16)10-9(13)4-3-5-14-10/h3-5H,6-8H2,1-2H3. The zero-order valence-corrected chi connectivity index (χ0v) is 12.3. The molecule has 0 aromatic carbocycles. The van der Waals surface area contributed by atoms with Gasteiger partial charge >= 0.3 is 0 Å². The molecule has 1 saturated heterocycles. The van der Waals surface area contributed by atoms with Crippen LogP contribution in [0.2, 0.25) is 0 Å². The normalized spacial score (nSPS) is 19.1. The Morgan fingerprint density at radius 1 is 1.59 bits per heavy atom. The van der Waals surface area contributed by atoms with E-state index in [2.05, 4.69) is 34.8 Å². The Kier molecular flexibility index (Phi) is 3.78. The fourth-order valence-electron chi connectivity index (χ4n) is 1.88. The van der Waals surface area contributed by atoms with Gasteiger partial charge in [0.15, 0.2) is 0 Å². The number of hydrogen-bond acceptors (Lipinski definition) is 3. The zero-order valence-electron chi connectivity index (χ0n) is 9.94. The summed E-state index contributed by atoms with van der Waals surface area (Å²) >= 11 is 5.29. The topological polar surface area (TPSA) is 33.2 Å². The smallest absolute Gasteiger partial charge is 0.273 e. The van der Waals surface area contributed by atoms with Crippen molar-refractivity contribution in [1.82, 2.24) is 9.88 Å². The largest absolute Gasteiger partial charge is 0.335 e. The van der Waals surface area contributed by atoms with Gasteiger partial charge in [0, 0.05) is 34.3 Å². The third-order valence-corrected chi connectivity index (χ3v) is 4.61. The molecule has 1 aliphatic heterocycles. The van der Waals surface area contributed by atoms with Crippen LogP contribution in [0.15, 0.2) is 22.8 Å². The van der Waals surface area contributed by atoms with E-state index in [1.807, 2.05) is 28.8 Å². The second-order valence-electron chi connectivity index (χ2n) is 4.67. The second-order valence-corrected chi connectivity index (χ2v) is 7.33. The summed E-state index contributed by atoms with van der Waals surface area (Å²) in [5, 5.41) is 0. The lowest BCUT2D eigenvalue weighted by atomic mass is 10.1. The number of pyridine rings is 1. The van der Waals surface area contributed by atoms with Crippen LogP contribution >= 0.6 is 27.7 Å². The van der Waals surface area contributed by atoms with E-state index >= 15 is 0 Å². The molecule has 1 amide bonds. The molecule has 17 heavy (non-hydrogen) atoms. The highest BCUT2D eigenvalue weighted by atomic mass is 79.9. The maximum absolute atomic E-state index is 12.3. The van der Waals surface area contributed by atoms with Crippen molar-refractivity contribution in [2.24, 2.45) is 0 Å². The molecule has 1 aliphatic rings. The van der Waals surface area contributed by atoms with E-state index in [0.717, 1.165) is 23.3 Å². The highest BCUT2D eigenvalue weighted by molar-refractivity contribution is 9.10. The molecule has 2 rings (SSSR count). The average molecular weight is 315 g/mol. The number of halogens is 1. The molecule has 0 saturated carbocycles. The molecule has 0 radical (unpaired) electrons. The number of carbonyl (C=O) groups is 1. The van der Waals surface area contributed by atoms with E-state index in [-0.39, 0.29) is 10.7 Å². The van der Waals surface area contributed by atoms with Crippen LogP contribution in [-0.4, -0.2) is 39.4 Å². The SMILES string of the molecule is CC1(C)CN(C(=O)c2ncccc2Br)CCS1. The maximum atomic E-state index is 12.3. The fraction of sp³-hybridized carbons (Fsp3) is 0.500. The molecule has 0 N–H and O–H groups in total. The van der Waals surface area contributed by atoms with Gasteiger partial charge in [-0.1, -0.05) is 0 Å². The maximum Gasteiger partial charge on any atom is 0.273 e. The lowest BCUT2D eigenvalue weighted by Crippen LogP contribution is -2.46. The minimum atomic E-state index is 0.0193. The van der Waals surface area contributed by atoms with Gasteiger partial charge in [0.25, 0.3) is 5.91 Å². The van der Waals surface area contributed by atoms with Crippen LogP contribution in [0.4, 0.5) is 0 Å². The second kappa shape index (κ2) is 4.98. The third kappa shape index (κ3) is 3.01. The highest BCUT2D eigenvalue weighted by Gasteiger charge is 2.31. The monoisotopic (exact) mass is 314 g/mol. The highest BCUT2D eigenvalue weighted by Crippen LogP contribution is 2.30. The molecule has 0 atom stereocenters. The van der Waals surface area contributed by atoms with Gasteiger partial charge in [-0.05, 0) is 41.9 Å². The summed E-state index contributed by atoms with van der Waals surface area (Å²) in [6, 6.07) is 3.67. The van der Waals surface area contributed by atoms with E-state index in [4.69, 9.17) is 0 Å². The van der Waals surface area contributed by atoms with E-state index in [9.17, 15) is 4.79 Å². The Bertz CT molecular complexity index is 436. The summed E-state index contributed by atoms with van der Waals surface area (Å²) in [5.74, 6) is 1.01. The van der Waals surface area contributed by atoms with Gasteiger partial charge in [0.1, 0.15) is 5.69 Å². The van der Waals surface area contributed by atoms with Crippen LogP contribution in [-0.2, 0) is 0 Å². The minimum Gasteiger partial charge on any atom is -0.335 e. The van der Waals surface area contributed by atoms with Crippen LogP contribution in [0, 0.1) is 0 Å². The lowest BCUT2D eigenvalue weighted by molar-refractivity contribution is 0.0741. The third-order valence-electron chi connectivity index (χ3n) is 2.67. The summed E-state index contributed by atoms with van der Waals surface area (Å²) in [5.41, 5.74) is 0.509. The van der Waals surface area contributed by atoms with Crippen molar-refractivity contribution in [1.29, 1.82) is 0 Å². The summed E-state index contributed by atoms with van der Waals surface area (Å²) < 4.78 is 0.899. The number of rotatable bonds is 1. The Morgan fingerprint density at radius 2 is 2.35 bits per heavy atom. The first kappa shape index (κ1) is 12.9. The summed E-state index contributed by atoms with van der Waals surface area (Å²) in [6.07, 6.45) is 1.65. The number of amides is 1. The molecule has 5 heteroatoms. The predicted molar refractivity (Wildman–Crippen MR) is 74.4 cm³/mol. The van der Waals surface area contributed by atoms with E-state index in [1.165, 1.54) is 0 Å². The molecule has 2 heterocycles. The summed E-state index contributed by atoms with van der Waals surface area (Å²) in [7, 11) is 0. The van der Waals surface area contributed by atoms with Crippen LogP contribution in [0.25, 0.3) is 0 Å². The molecule has 3 nitrogen and oxygen atoms in total. The van der Waals surface area contributed by atoms with E-state index in [1.54, 1.807) is 6.20 Å². The first-order chi connectivity index (χ1) is 7.99. The van der Waals surface area contributed by atoms with E-state index in [0.29, 0.717) is 5.69 Å². The molecular weight excluding hydrogens is 300 g/mol. The van der Waals surface area contributed by atoms with Crippen LogP contribution in [0.3, 0.4) is 0 Å². The van der Waals surface area contributed by atoms with Crippen LogP contribution in [0.1, 0.15) is 24.3 Å². The van der Waals surface area contributed by atoms with Crippen LogP contribution < -0.4 is 0 Å². The van der Waals surface area contributed by atoms with Crippen molar-refractivity contribution in [2.45, 2.75) is 18.6 Å². The van der Waals surface area contributed by atoms with Crippen molar-refractivity contribution >= 4 is 33.6 Å². The number of aromatic nitrogens is 1. The molecule has 0 unspecified atom stereocenters. The molecule has 1 aromatic heterocycles. The average Bonchev–Trinajstić information content (AvgIpc) is 2.27. The van der Waals surface area contributed by atoms with Gasteiger partial charge in [0.2, 0.25) is 0 Å². The van der Waals surface area contributed by atoms with Gasteiger partial charge < -0.3 is 4.90 Å². The predicted octanol–water partition coefficient (Wildman–Crippen LogP) is 2.81. The Labute approximate surface area is 114 Å². The number of thioether (sulfide) groups is 1. The van der Waals surface area contributed by atoms with Gasteiger partial charge in [-0.15, -0.1) is 0 Å². The molecule has 1 fully saturated rings. The van der Waals surface area contributed by atoms with E-state index < -0.39 is 0 Å². The molecule has 0 aliphatic carbocycles. The van der Waals surface area contributed by atoms with Crippen molar-refractivity contribution in [3.8, 4) is 0 Å². The Balaban J connectivity index is 2.18. The van der Waals surface area contributed by atoms with Crippen molar-refractivity contribution in [3.63, 3.8) is 0 Å². The lowest BCUT2D eigenvalue weighted by Gasteiger charge is -2.37. The zero-order chi connectivity index (χ0) is 12.5. The quantitative estimate of drug-likeness (QED) is 0.799. The summed E-state index contributed by atoms with van der Waals surface area (Å²) in [4.78, 5) is 18.4. The first-order valence-electron chi connectivity index (χ1n) is 5.53. The Hall–Kier alpha value is -0.550. The van der Waals surface area contributed by atoms with Gasteiger partial charge in [0.05, 0.1) is 0 Å². The van der Waals surface area contributed by atoms with Gasteiger partial charge in [-0.3, -0.25) is 4.79 Å². The minimum absolute atomic E-state index is 0.0193. The molecule has 92 valence electrons.